The van der Waals surface area contributed by atoms with Crippen LogP contribution in [0, 0.1) is 0 Å². The van der Waals surface area contributed by atoms with Gasteiger partial charge in [-0.2, -0.15) is 0 Å². The van der Waals surface area contributed by atoms with E-state index >= 15 is 0 Å². The molecule has 0 radical (unpaired) electrons. The number of likely N-dealkylation sites (N-methyl/N-ethyl adjacent to an activating group) is 2. The van der Waals surface area contributed by atoms with Gasteiger partial charge >= 0.3 is 0 Å². The molecule has 0 heterocycles. The summed E-state index contributed by atoms with van der Waals surface area (Å²) in [6.45, 7) is 7.81. The SMILES string of the molecule is CCN(CCN)CC(=O)N(CC)C1CC1. The van der Waals surface area contributed by atoms with Crippen LogP contribution in [0.15, 0.2) is 0 Å². The number of nitrogens with two attached hydrogens (primary N) is 1. The van der Waals surface area contributed by atoms with E-state index in [4.69, 9.17) is 5.73 Å². The third-order valence-corrected chi connectivity index (χ3v) is 2.90. The molecule has 4 heteroatoms. The third-order valence-electron chi connectivity index (χ3n) is 2.90. The summed E-state index contributed by atoms with van der Waals surface area (Å²) in [7, 11) is 0. The molecular weight excluding hydrogens is 190 g/mol. The lowest BCUT2D eigenvalue weighted by Gasteiger charge is -2.25. The first-order chi connectivity index (χ1) is 7.22. The standard InChI is InChI=1S/C11H23N3O/c1-3-13(8-7-12)9-11(15)14(4-2)10-5-6-10/h10H,3-9,12H2,1-2H3. The fraction of sp³-hybridized carbons (Fsp3) is 0.909. The van der Waals surface area contributed by atoms with Crippen molar-refractivity contribution >= 4 is 5.91 Å². The topological polar surface area (TPSA) is 49.6 Å². The van der Waals surface area contributed by atoms with E-state index in [0.29, 0.717) is 19.1 Å². The van der Waals surface area contributed by atoms with Crippen molar-refractivity contribution in [3.8, 4) is 0 Å². The number of hydrogen-bond donors (Lipinski definition) is 1. The molecule has 0 aromatic rings. The number of carbonyl (C=O) groups excluding carboxylic acids is 1. The quantitative estimate of drug-likeness (QED) is 0.661. The first-order valence-corrected chi connectivity index (χ1v) is 5.94. The van der Waals surface area contributed by atoms with Crippen LogP contribution in [0.4, 0.5) is 0 Å². The summed E-state index contributed by atoms with van der Waals surface area (Å²) in [4.78, 5) is 16.0. The number of hydrogen-bond acceptors (Lipinski definition) is 3. The van der Waals surface area contributed by atoms with Gasteiger partial charge in [-0.1, -0.05) is 6.92 Å². The van der Waals surface area contributed by atoms with Gasteiger partial charge in [-0.15, -0.1) is 0 Å². The number of rotatable bonds is 7. The zero-order valence-electron chi connectivity index (χ0n) is 9.91. The van der Waals surface area contributed by atoms with Crippen LogP contribution in [0.1, 0.15) is 26.7 Å². The zero-order valence-corrected chi connectivity index (χ0v) is 9.91. The summed E-state index contributed by atoms with van der Waals surface area (Å²) in [6.07, 6.45) is 2.37. The van der Waals surface area contributed by atoms with Crippen molar-refractivity contribution < 1.29 is 4.79 Å². The molecule has 0 aromatic heterocycles. The molecule has 0 bridgehead atoms. The van der Waals surface area contributed by atoms with Crippen LogP contribution >= 0.6 is 0 Å². The summed E-state index contributed by atoms with van der Waals surface area (Å²) in [6, 6.07) is 0.527. The van der Waals surface area contributed by atoms with Gasteiger partial charge < -0.3 is 10.6 Å². The molecule has 1 fully saturated rings. The fourth-order valence-corrected chi connectivity index (χ4v) is 1.84. The highest BCUT2D eigenvalue weighted by molar-refractivity contribution is 5.78. The van der Waals surface area contributed by atoms with E-state index in [-0.39, 0.29) is 5.91 Å². The molecule has 1 aliphatic carbocycles. The third kappa shape index (κ3) is 3.80. The molecule has 2 N–H and O–H groups in total. The minimum atomic E-state index is 0.260. The second-order valence-electron chi connectivity index (χ2n) is 4.07. The molecular formula is C11H23N3O. The van der Waals surface area contributed by atoms with Crippen molar-refractivity contribution in [1.29, 1.82) is 0 Å². The monoisotopic (exact) mass is 213 g/mol. The lowest BCUT2D eigenvalue weighted by atomic mass is 10.4. The lowest BCUT2D eigenvalue weighted by molar-refractivity contribution is -0.132. The normalized spacial score (nSPS) is 15.7. The molecule has 1 rings (SSSR count). The Balaban J connectivity index is 2.37. The molecule has 1 saturated carbocycles. The highest BCUT2D eigenvalue weighted by Gasteiger charge is 2.31. The van der Waals surface area contributed by atoms with Crippen molar-refractivity contribution in [2.24, 2.45) is 5.73 Å². The summed E-state index contributed by atoms with van der Waals surface area (Å²) in [5, 5.41) is 0. The van der Waals surface area contributed by atoms with Crippen molar-refractivity contribution in [2.45, 2.75) is 32.7 Å². The Kier molecular flexibility index (Phi) is 5.05. The van der Waals surface area contributed by atoms with Gasteiger partial charge in [0.05, 0.1) is 6.54 Å². The highest BCUT2D eigenvalue weighted by atomic mass is 16.2. The van der Waals surface area contributed by atoms with Crippen LogP contribution in [0.2, 0.25) is 0 Å². The van der Waals surface area contributed by atoms with E-state index < -0.39 is 0 Å². The molecule has 0 spiro atoms. The maximum Gasteiger partial charge on any atom is 0.236 e. The van der Waals surface area contributed by atoms with E-state index in [1.54, 1.807) is 0 Å². The van der Waals surface area contributed by atoms with Gasteiger partial charge in [-0.3, -0.25) is 9.69 Å². The van der Waals surface area contributed by atoms with Gasteiger partial charge in [0.2, 0.25) is 5.91 Å². The highest BCUT2D eigenvalue weighted by Crippen LogP contribution is 2.26. The Bertz CT molecular complexity index is 204. The molecule has 0 aliphatic heterocycles. The van der Waals surface area contributed by atoms with Crippen LogP contribution in [0.25, 0.3) is 0 Å². The Labute approximate surface area is 92.4 Å². The number of amides is 1. The molecule has 15 heavy (non-hydrogen) atoms. The van der Waals surface area contributed by atoms with Gasteiger partial charge in [0.1, 0.15) is 0 Å². The molecule has 0 saturated heterocycles. The van der Waals surface area contributed by atoms with E-state index in [1.165, 1.54) is 12.8 Å². The largest absolute Gasteiger partial charge is 0.339 e. The number of nitrogens with zero attached hydrogens (tertiary/aromatic N) is 2. The Morgan fingerprint density at radius 3 is 2.40 bits per heavy atom. The Hall–Kier alpha value is -0.610. The maximum atomic E-state index is 11.9. The lowest BCUT2D eigenvalue weighted by Crippen LogP contribution is -2.42. The Morgan fingerprint density at radius 1 is 1.33 bits per heavy atom. The van der Waals surface area contributed by atoms with Crippen LogP contribution in [-0.2, 0) is 4.79 Å². The molecule has 0 atom stereocenters. The Morgan fingerprint density at radius 2 is 2.00 bits per heavy atom. The molecule has 0 aromatic carbocycles. The predicted octanol–water partition coefficient (Wildman–Crippen LogP) is 0.278. The maximum absolute atomic E-state index is 11.9. The molecule has 4 nitrogen and oxygen atoms in total. The second kappa shape index (κ2) is 6.08. The van der Waals surface area contributed by atoms with Gasteiger partial charge in [-0.25, -0.2) is 0 Å². The van der Waals surface area contributed by atoms with E-state index in [1.807, 2.05) is 4.90 Å². The predicted molar refractivity (Wildman–Crippen MR) is 61.6 cm³/mol. The van der Waals surface area contributed by atoms with E-state index in [2.05, 4.69) is 18.7 Å². The summed E-state index contributed by atoms with van der Waals surface area (Å²) in [5.41, 5.74) is 5.49. The first-order valence-electron chi connectivity index (χ1n) is 5.94. The zero-order chi connectivity index (χ0) is 11.3. The first kappa shape index (κ1) is 12.5. The van der Waals surface area contributed by atoms with Crippen molar-refractivity contribution in [3.63, 3.8) is 0 Å². The van der Waals surface area contributed by atoms with Gasteiger partial charge in [-0.05, 0) is 26.3 Å². The van der Waals surface area contributed by atoms with E-state index in [9.17, 15) is 4.79 Å². The second-order valence-corrected chi connectivity index (χ2v) is 4.07. The average Bonchev–Trinajstić information content (AvgIpc) is 3.02. The van der Waals surface area contributed by atoms with Crippen LogP contribution in [0.3, 0.4) is 0 Å². The number of carbonyl (C=O) groups is 1. The summed E-state index contributed by atoms with van der Waals surface area (Å²) >= 11 is 0. The van der Waals surface area contributed by atoms with Crippen LogP contribution in [-0.4, -0.2) is 54.5 Å². The van der Waals surface area contributed by atoms with Crippen molar-refractivity contribution in [2.75, 3.05) is 32.7 Å². The molecule has 88 valence electrons. The van der Waals surface area contributed by atoms with Gasteiger partial charge in [0, 0.05) is 25.7 Å². The summed E-state index contributed by atoms with van der Waals surface area (Å²) < 4.78 is 0. The van der Waals surface area contributed by atoms with Crippen LogP contribution in [0.5, 0.6) is 0 Å². The smallest absolute Gasteiger partial charge is 0.236 e. The van der Waals surface area contributed by atoms with Gasteiger partial charge in [0.15, 0.2) is 0 Å². The average molecular weight is 213 g/mol. The van der Waals surface area contributed by atoms with Crippen LogP contribution < -0.4 is 5.73 Å². The van der Waals surface area contributed by atoms with Gasteiger partial charge in [0.25, 0.3) is 0 Å². The minimum Gasteiger partial charge on any atom is -0.339 e. The van der Waals surface area contributed by atoms with Crippen molar-refractivity contribution in [3.05, 3.63) is 0 Å². The molecule has 1 amide bonds. The summed E-state index contributed by atoms with van der Waals surface area (Å²) in [5.74, 6) is 0.260. The van der Waals surface area contributed by atoms with E-state index in [0.717, 1.165) is 19.6 Å². The van der Waals surface area contributed by atoms with Crippen molar-refractivity contribution in [1.82, 2.24) is 9.80 Å². The fourth-order valence-electron chi connectivity index (χ4n) is 1.84. The molecule has 1 aliphatic rings. The molecule has 0 unspecified atom stereocenters. The minimum absolute atomic E-state index is 0.260.